The van der Waals surface area contributed by atoms with E-state index in [1.807, 2.05) is 13.8 Å². The molecule has 3 aromatic heterocycles. The minimum Gasteiger partial charge on any atom is -0.496 e. The number of alkyl halides is 2. The molecule has 0 aliphatic carbocycles. The second kappa shape index (κ2) is 12.5. The van der Waals surface area contributed by atoms with Gasteiger partial charge in [-0.25, -0.2) is 8.78 Å². The van der Waals surface area contributed by atoms with Crippen LogP contribution in [0.3, 0.4) is 0 Å². The van der Waals surface area contributed by atoms with Crippen LogP contribution in [0, 0.1) is 11.3 Å². The number of pyridine rings is 2. The van der Waals surface area contributed by atoms with Crippen molar-refractivity contribution in [2.45, 2.75) is 32.3 Å². The molecule has 1 aliphatic heterocycles. The number of fused-ring (bicyclic) bond motifs is 1. The van der Waals surface area contributed by atoms with Gasteiger partial charge in [-0.2, -0.15) is 5.26 Å². The molecule has 0 bridgehead atoms. The topological polar surface area (TPSA) is 105 Å². The zero-order valence-electron chi connectivity index (χ0n) is 24.4. The van der Waals surface area contributed by atoms with Crippen LogP contribution in [-0.2, 0) is 0 Å². The SMILES string of the molecule is CC.COc1cc(C(=O)N(C)C)ncc1-c1cc2nccc(-c3ccc(OC4CCN(C)CC4(F)F)c(C#N)c3)c2o1. The molecule has 1 aliphatic rings. The van der Waals surface area contributed by atoms with Crippen LogP contribution in [0.2, 0.25) is 0 Å². The van der Waals surface area contributed by atoms with Gasteiger partial charge < -0.3 is 23.7 Å². The average Bonchev–Trinajstić information content (AvgIpc) is 3.43. The summed E-state index contributed by atoms with van der Waals surface area (Å²) in [4.78, 5) is 24.0. The van der Waals surface area contributed by atoms with Crippen LogP contribution in [0.25, 0.3) is 33.6 Å². The number of likely N-dealkylation sites (tertiary alicyclic amines) is 1. The highest BCUT2D eigenvalue weighted by Gasteiger charge is 2.45. The van der Waals surface area contributed by atoms with E-state index >= 15 is 0 Å². The molecule has 1 unspecified atom stereocenters. The van der Waals surface area contributed by atoms with Gasteiger partial charge in [0.2, 0.25) is 0 Å². The molecule has 1 saturated heterocycles. The highest BCUT2D eigenvalue weighted by Crippen LogP contribution is 2.39. The molecule has 1 fully saturated rings. The monoisotopic (exact) mass is 577 g/mol. The van der Waals surface area contributed by atoms with E-state index in [0.717, 1.165) is 0 Å². The number of nitrogens with zero attached hydrogens (tertiary/aromatic N) is 5. The van der Waals surface area contributed by atoms with Gasteiger partial charge in [-0.1, -0.05) is 19.9 Å². The van der Waals surface area contributed by atoms with E-state index in [4.69, 9.17) is 13.9 Å². The number of ether oxygens (including phenoxy) is 2. The van der Waals surface area contributed by atoms with Crippen LogP contribution in [0.1, 0.15) is 36.3 Å². The van der Waals surface area contributed by atoms with Gasteiger partial charge in [-0.05, 0) is 30.8 Å². The number of aromatic nitrogens is 2. The summed E-state index contributed by atoms with van der Waals surface area (Å²) in [6, 6.07) is 11.9. The van der Waals surface area contributed by atoms with Crippen molar-refractivity contribution in [3.8, 4) is 40.0 Å². The Morgan fingerprint density at radius 1 is 1.14 bits per heavy atom. The smallest absolute Gasteiger partial charge is 0.296 e. The van der Waals surface area contributed by atoms with Crippen LogP contribution >= 0.6 is 0 Å². The predicted molar refractivity (Wildman–Crippen MR) is 155 cm³/mol. The Bertz CT molecular complexity index is 1630. The molecule has 42 heavy (non-hydrogen) atoms. The third kappa shape index (κ3) is 6.04. The third-order valence-electron chi connectivity index (χ3n) is 6.79. The van der Waals surface area contributed by atoms with E-state index in [0.29, 0.717) is 45.8 Å². The Kier molecular flexibility index (Phi) is 9.07. The van der Waals surface area contributed by atoms with Gasteiger partial charge in [0.05, 0.1) is 24.8 Å². The number of halogens is 2. The number of hydrogen-bond donors (Lipinski definition) is 0. The summed E-state index contributed by atoms with van der Waals surface area (Å²) in [6.45, 7) is 4.08. The predicted octanol–water partition coefficient (Wildman–Crippen LogP) is 5.88. The number of furan rings is 1. The largest absolute Gasteiger partial charge is 0.496 e. The second-order valence-electron chi connectivity index (χ2n) is 9.87. The van der Waals surface area contributed by atoms with Crippen molar-refractivity contribution < 1.29 is 27.5 Å². The van der Waals surface area contributed by atoms with Gasteiger partial charge in [0, 0.05) is 57.2 Å². The zero-order valence-corrected chi connectivity index (χ0v) is 24.4. The number of carbonyl (C=O) groups excluding carboxylic acids is 1. The summed E-state index contributed by atoms with van der Waals surface area (Å²) < 4.78 is 46.5. The fraction of sp³-hybridized carbons (Fsp3) is 0.355. The molecule has 0 spiro atoms. The maximum atomic E-state index is 14.6. The van der Waals surface area contributed by atoms with Crippen molar-refractivity contribution in [3.63, 3.8) is 0 Å². The number of carbonyl (C=O) groups is 1. The molecule has 11 heteroatoms. The Morgan fingerprint density at radius 2 is 1.90 bits per heavy atom. The minimum absolute atomic E-state index is 0.106. The van der Waals surface area contributed by atoms with Crippen LogP contribution in [-0.4, -0.2) is 79.0 Å². The molecule has 1 amide bonds. The summed E-state index contributed by atoms with van der Waals surface area (Å²) >= 11 is 0. The van der Waals surface area contributed by atoms with Gasteiger partial charge in [-0.15, -0.1) is 0 Å². The van der Waals surface area contributed by atoms with Gasteiger partial charge in [0.25, 0.3) is 11.8 Å². The summed E-state index contributed by atoms with van der Waals surface area (Å²) in [5, 5.41) is 9.80. The Hall–Kier alpha value is -4.56. The van der Waals surface area contributed by atoms with Crippen LogP contribution < -0.4 is 9.47 Å². The standard InChI is InChI=1S/C29H27F2N5O4.C2H6/c1-35(2)28(37)22-13-24(38-4)20(15-34-22)25-12-21-27(40-25)19(7-9-33-21)17-5-6-23(18(11-17)14-32)39-26-8-10-36(3)16-29(26,30)31;1-2/h5-7,9,11-13,15,26H,8,10,16H2,1-4H3;1-2H3. The van der Waals surface area contributed by atoms with E-state index in [-0.39, 0.29) is 29.3 Å². The first-order valence-electron chi connectivity index (χ1n) is 13.5. The van der Waals surface area contributed by atoms with Crippen molar-refractivity contribution in [2.24, 2.45) is 0 Å². The average molecular weight is 578 g/mol. The minimum atomic E-state index is -3.03. The highest BCUT2D eigenvalue weighted by atomic mass is 19.3. The Morgan fingerprint density at radius 3 is 2.57 bits per heavy atom. The molecule has 4 aromatic rings. The molecule has 0 N–H and O–H groups in total. The van der Waals surface area contributed by atoms with Crippen molar-refractivity contribution in [1.29, 1.82) is 5.26 Å². The first-order chi connectivity index (χ1) is 20.1. The van der Waals surface area contributed by atoms with Crippen LogP contribution in [0.5, 0.6) is 11.5 Å². The number of amides is 1. The molecule has 5 rings (SSSR count). The number of piperidine rings is 1. The van der Waals surface area contributed by atoms with Gasteiger partial charge in [0.15, 0.2) is 11.7 Å². The lowest BCUT2D eigenvalue weighted by Gasteiger charge is -2.36. The molecule has 0 saturated carbocycles. The van der Waals surface area contributed by atoms with Gasteiger partial charge in [0.1, 0.15) is 34.5 Å². The zero-order chi connectivity index (χ0) is 30.6. The van der Waals surface area contributed by atoms with E-state index in [1.165, 1.54) is 24.3 Å². The van der Waals surface area contributed by atoms with Gasteiger partial charge in [-0.3, -0.25) is 14.8 Å². The Balaban J connectivity index is 0.00000198. The summed E-state index contributed by atoms with van der Waals surface area (Å²) in [5.74, 6) is -2.37. The normalized spacial score (nSPS) is 16.2. The van der Waals surface area contributed by atoms with Crippen molar-refractivity contribution >= 4 is 17.0 Å². The van der Waals surface area contributed by atoms with E-state index < -0.39 is 18.6 Å². The second-order valence-corrected chi connectivity index (χ2v) is 9.87. The Labute approximate surface area is 243 Å². The van der Waals surface area contributed by atoms with E-state index in [9.17, 15) is 18.8 Å². The number of hydrogen-bond acceptors (Lipinski definition) is 8. The van der Waals surface area contributed by atoms with Crippen LogP contribution in [0.15, 0.2) is 53.2 Å². The molecule has 0 radical (unpaired) electrons. The molecular formula is C31H33F2N5O4. The molecule has 4 heterocycles. The molecule has 9 nitrogen and oxygen atoms in total. The summed E-state index contributed by atoms with van der Waals surface area (Å²) in [7, 11) is 6.40. The number of nitriles is 1. The highest BCUT2D eigenvalue weighted by molar-refractivity contribution is 5.95. The van der Waals surface area contributed by atoms with Crippen LogP contribution in [0.4, 0.5) is 8.78 Å². The first-order valence-corrected chi connectivity index (χ1v) is 13.5. The molecular weight excluding hydrogens is 544 g/mol. The maximum Gasteiger partial charge on any atom is 0.296 e. The fourth-order valence-corrected chi connectivity index (χ4v) is 4.71. The summed E-state index contributed by atoms with van der Waals surface area (Å²) in [6.07, 6.45) is 1.95. The lowest BCUT2D eigenvalue weighted by Crippen LogP contribution is -2.52. The maximum absolute atomic E-state index is 14.6. The lowest BCUT2D eigenvalue weighted by atomic mass is 10.0. The fourth-order valence-electron chi connectivity index (χ4n) is 4.71. The first kappa shape index (κ1) is 30.4. The van der Waals surface area contributed by atoms with Crippen molar-refractivity contribution in [2.75, 3.05) is 41.3 Å². The number of rotatable bonds is 6. The third-order valence-corrected chi connectivity index (χ3v) is 6.79. The van der Waals surface area contributed by atoms with Crippen molar-refractivity contribution in [3.05, 3.63) is 60.0 Å². The van der Waals surface area contributed by atoms with Gasteiger partial charge >= 0.3 is 0 Å². The molecule has 1 atom stereocenters. The number of methoxy groups -OCH3 is 1. The summed E-state index contributed by atoms with van der Waals surface area (Å²) in [5.41, 5.74) is 3.17. The quantitative estimate of drug-likeness (QED) is 0.280. The number of benzene rings is 1. The lowest BCUT2D eigenvalue weighted by molar-refractivity contribution is -0.135. The molecule has 220 valence electrons. The molecule has 1 aromatic carbocycles. The van der Waals surface area contributed by atoms with E-state index in [1.54, 1.807) is 62.6 Å². The van der Waals surface area contributed by atoms with E-state index in [2.05, 4.69) is 16.0 Å². The van der Waals surface area contributed by atoms with Crippen molar-refractivity contribution in [1.82, 2.24) is 19.8 Å².